The molecule has 2 aliphatic rings. The zero-order valence-corrected chi connectivity index (χ0v) is 13.8. The predicted octanol–water partition coefficient (Wildman–Crippen LogP) is 0.624. The number of rotatable bonds is 5. The largest absolute Gasteiger partial charge is 0.494 e. The van der Waals surface area contributed by atoms with Gasteiger partial charge in [-0.3, -0.25) is 24.8 Å². The molecule has 3 rings (SSSR count). The smallest absolute Gasteiger partial charge is 0.276 e. The van der Waals surface area contributed by atoms with E-state index in [-0.39, 0.29) is 11.7 Å². The number of amides is 2. The van der Waals surface area contributed by atoms with Gasteiger partial charge in [0.1, 0.15) is 5.75 Å². The Hall–Kier alpha value is -2.68. The molecule has 0 saturated carbocycles. The first kappa shape index (κ1) is 16.2. The SMILES string of the molecule is CCOc1ccc(N2C=CN3C(SCC(N)=O)=NNC3C2=O)cc1. The number of thioether (sulfide) groups is 1. The number of benzene rings is 1. The van der Waals surface area contributed by atoms with E-state index in [1.807, 2.05) is 31.2 Å². The third kappa shape index (κ3) is 3.16. The lowest BCUT2D eigenvalue weighted by Gasteiger charge is -2.31. The van der Waals surface area contributed by atoms with Crippen LogP contribution in [0.3, 0.4) is 0 Å². The Morgan fingerprint density at radius 2 is 2.12 bits per heavy atom. The van der Waals surface area contributed by atoms with Gasteiger partial charge in [-0.05, 0) is 31.2 Å². The summed E-state index contributed by atoms with van der Waals surface area (Å²) in [5.74, 6) is 0.257. The molecule has 8 nitrogen and oxygen atoms in total. The molecule has 0 bridgehead atoms. The molecule has 2 aliphatic heterocycles. The summed E-state index contributed by atoms with van der Waals surface area (Å²) < 4.78 is 5.40. The van der Waals surface area contributed by atoms with E-state index in [1.54, 1.807) is 22.2 Å². The molecule has 2 heterocycles. The summed E-state index contributed by atoms with van der Waals surface area (Å²) in [6, 6.07) is 7.28. The fourth-order valence-corrected chi connectivity index (χ4v) is 3.04. The molecule has 0 aliphatic carbocycles. The number of anilines is 1. The van der Waals surface area contributed by atoms with Crippen LogP contribution in [-0.2, 0) is 9.59 Å². The van der Waals surface area contributed by atoms with Crippen molar-refractivity contribution in [2.24, 2.45) is 10.8 Å². The molecule has 0 saturated heterocycles. The van der Waals surface area contributed by atoms with E-state index in [4.69, 9.17) is 10.5 Å². The number of hydrazone groups is 1. The highest BCUT2D eigenvalue weighted by Gasteiger charge is 2.38. The van der Waals surface area contributed by atoms with Crippen LogP contribution >= 0.6 is 11.8 Å². The Bertz CT molecular complexity index is 704. The van der Waals surface area contributed by atoms with E-state index >= 15 is 0 Å². The first-order chi connectivity index (χ1) is 11.6. The van der Waals surface area contributed by atoms with Gasteiger partial charge >= 0.3 is 0 Å². The predicted molar refractivity (Wildman–Crippen MR) is 92.1 cm³/mol. The molecule has 126 valence electrons. The van der Waals surface area contributed by atoms with Gasteiger partial charge in [0.2, 0.25) is 12.1 Å². The van der Waals surface area contributed by atoms with E-state index in [1.165, 1.54) is 11.8 Å². The molecule has 9 heteroatoms. The standard InChI is InChI=1S/C15H17N5O3S/c1-2-23-11-5-3-10(4-6-11)19-7-8-20-13(14(19)22)17-18-15(20)24-9-12(16)21/h3-8,13,17H,2,9H2,1H3,(H2,16,21). The maximum atomic E-state index is 12.7. The van der Waals surface area contributed by atoms with Crippen LogP contribution in [0.25, 0.3) is 0 Å². The third-order valence-electron chi connectivity index (χ3n) is 3.40. The molecule has 0 aromatic heterocycles. The Balaban J connectivity index is 1.73. The molecule has 3 N–H and O–H groups in total. The van der Waals surface area contributed by atoms with Crippen LogP contribution in [0, 0.1) is 0 Å². The second kappa shape index (κ2) is 6.83. The Labute approximate surface area is 143 Å². The molecule has 0 fully saturated rings. The van der Waals surface area contributed by atoms with Gasteiger partial charge < -0.3 is 10.5 Å². The van der Waals surface area contributed by atoms with E-state index in [9.17, 15) is 9.59 Å². The van der Waals surface area contributed by atoms with E-state index in [0.29, 0.717) is 11.8 Å². The maximum absolute atomic E-state index is 12.7. The van der Waals surface area contributed by atoms with Gasteiger partial charge in [-0.25, -0.2) is 0 Å². The minimum atomic E-state index is -0.628. The number of nitrogens with one attached hydrogen (secondary N) is 1. The Kier molecular flexibility index (Phi) is 4.61. The molecule has 0 radical (unpaired) electrons. The molecule has 0 spiro atoms. The third-order valence-corrected chi connectivity index (χ3v) is 4.39. The summed E-state index contributed by atoms with van der Waals surface area (Å²) in [4.78, 5) is 26.8. The van der Waals surface area contributed by atoms with Crippen LogP contribution in [-0.4, -0.2) is 40.4 Å². The van der Waals surface area contributed by atoms with Gasteiger partial charge in [0.25, 0.3) is 5.91 Å². The number of amidine groups is 1. The molecular formula is C15H17N5O3S. The Morgan fingerprint density at radius 3 is 2.79 bits per heavy atom. The summed E-state index contributed by atoms with van der Waals surface area (Å²) in [7, 11) is 0. The second-order valence-electron chi connectivity index (χ2n) is 5.02. The molecule has 1 atom stereocenters. The minimum absolute atomic E-state index is 0.106. The van der Waals surface area contributed by atoms with Crippen molar-refractivity contribution >= 4 is 34.4 Å². The van der Waals surface area contributed by atoms with Crippen LogP contribution in [0.1, 0.15) is 6.92 Å². The van der Waals surface area contributed by atoms with Crippen molar-refractivity contribution < 1.29 is 14.3 Å². The van der Waals surface area contributed by atoms with Gasteiger partial charge in [0, 0.05) is 18.1 Å². The highest BCUT2D eigenvalue weighted by Crippen LogP contribution is 2.26. The Morgan fingerprint density at radius 1 is 1.38 bits per heavy atom. The second-order valence-corrected chi connectivity index (χ2v) is 5.96. The first-order valence-corrected chi connectivity index (χ1v) is 8.35. The number of fused-ring (bicyclic) bond motifs is 1. The number of carbonyl (C=O) groups excluding carboxylic acids is 2. The van der Waals surface area contributed by atoms with Crippen molar-refractivity contribution in [1.29, 1.82) is 0 Å². The lowest BCUT2D eigenvalue weighted by molar-refractivity contribution is -0.122. The van der Waals surface area contributed by atoms with E-state index in [2.05, 4.69) is 10.5 Å². The zero-order chi connectivity index (χ0) is 17.1. The van der Waals surface area contributed by atoms with Crippen molar-refractivity contribution in [2.75, 3.05) is 17.3 Å². The summed E-state index contributed by atoms with van der Waals surface area (Å²) >= 11 is 1.18. The minimum Gasteiger partial charge on any atom is -0.494 e. The number of nitrogens with zero attached hydrogens (tertiary/aromatic N) is 3. The molecule has 1 aromatic rings. The first-order valence-electron chi connectivity index (χ1n) is 7.37. The van der Waals surface area contributed by atoms with Crippen LogP contribution in [0.5, 0.6) is 5.75 Å². The van der Waals surface area contributed by atoms with E-state index in [0.717, 1.165) is 11.4 Å². The average molecular weight is 347 g/mol. The van der Waals surface area contributed by atoms with Gasteiger partial charge in [-0.15, -0.1) is 0 Å². The quantitative estimate of drug-likeness (QED) is 0.810. The monoisotopic (exact) mass is 347 g/mol. The molecular weight excluding hydrogens is 330 g/mol. The lowest BCUT2D eigenvalue weighted by atomic mass is 10.2. The fraction of sp³-hybridized carbons (Fsp3) is 0.267. The van der Waals surface area contributed by atoms with Crippen LogP contribution in [0.4, 0.5) is 5.69 Å². The number of hydrogen-bond donors (Lipinski definition) is 2. The van der Waals surface area contributed by atoms with Crippen LogP contribution in [0.2, 0.25) is 0 Å². The highest BCUT2D eigenvalue weighted by atomic mass is 32.2. The average Bonchev–Trinajstić information content (AvgIpc) is 2.99. The van der Waals surface area contributed by atoms with E-state index < -0.39 is 12.1 Å². The molecule has 1 aromatic carbocycles. The highest BCUT2D eigenvalue weighted by molar-refractivity contribution is 8.14. The summed E-state index contributed by atoms with van der Waals surface area (Å²) in [5.41, 5.74) is 8.66. The number of ether oxygens (including phenoxy) is 1. The number of carbonyl (C=O) groups is 2. The summed E-state index contributed by atoms with van der Waals surface area (Å²) in [5, 5.41) is 4.63. The van der Waals surface area contributed by atoms with Crippen molar-refractivity contribution in [2.45, 2.75) is 13.1 Å². The van der Waals surface area contributed by atoms with Gasteiger partial charge in [0.15, 0.2) is 5.17 Å². The van der Waals surface area contributed by atoms with Gasteiger partial charge in [0.05, 0.1) is 12.4 Å². The van der Waals surface area contributed by atoms with Crippen molar-refractivity contribution in [1.82, 2.24) is 10.3 Å². The molecule has 1 unspecified atom stereocenters. The van der Waals surface area contributed by atoms with Crippen molar-refractivity contribution in [3.05, 3.63) is 36.7 Å². The molecule has 2 amide bonds. The molecule has 24 heavy (non-hydrogen) atoms. The lowest BCUT2D eigenvalue weighted by Crippen LogP contribution is -2.52. The summed E-state index contributed by atoms with van der Waals surface area (Å²) in [6.45, 7) is 2.50. The number of nitrogens with two attached hydrogens (primary N) is 1. The summed E-state index contributed by atoms with van der Waals surface area (Å²) in [6.07, 6.45) is 2.79. The number of primary amides is 1. The van der Waals surface area contributed by atoms with Crippen LogP contribution in [0.15, 0.2) is 41.8 Å². The zero-order valence-electron chi connectivity index (χ0n) is 13.0. The topological polar surface area (TPSA) is 100 Å². The van der Waals surface area contributed by atoms with Crippen molar-refractivity contribution in [3.63, 3.8) is 0 Å². The van der Waals surface area contributed by atoms with Gasteiger partial charge in [-0.1, -0.05) is 11.8 Å². The normalized spacial score (nSPS) is 19.0. The van der Waals surface area contributed by atoms with Crippen molar-refractivity contribution in [3.8, 4) is 5.75 Å². The van der Waals surface area contributed by atoms with Crippen LogP contribution < -0.4 is 20.8 Å². The fourth-order valence-electron chi connectivity index (χ4n) is 2.34. The van der Waals surface area contributed by atoms with Gasteiger partial charge in [-0.2, -0.15) is 5.10 Å². The maximum Gasteiger partial charge on any atom is 0.276 e. The number of hydrogen-bond acceptors (Lipinski definition) is 7.